The van der Waals surface area contributed by atoms with Crippen LogP contribution < -0.4 is 16.8 Å². The lowest BCUT2D eigenvalue weighted by Gasteiger charge is -2.19. The summed E-state index contributed by atoms with van der Waals surface area (Å²) in [5.74, 6) is -1.25. The van der Waals surface area contributed by atoms with Crippen molar-refractivity contribution in [2.24, 2.45) is 11.7 Å². The van der Waals surface area contributed by atoms with Gasteiger partial charge in [-0.25, -0.2) is 0 Å². The van der Waals surface area contributed by atoms with Crippen LogP contribution in [0.2, 0.25) is 0 Å². The van der Waals surface area contributed by atoms with Crippen molar-refractivity contribution in [2.45, 2.75) is 19.9 Å². The van der Waals surface area contributed by atoms with Crippen molar-refractivity contribution in [3.8, 4) is 5.75 Å². The first-order chi connectivity index (χ1) is 8.32. The van der Waals surface area contributed by atoms with E-state index in [1.165, 1.54) is 18.2 Å². The number of nitrogens with one attached hydrogen (secondary N) is 1. The molecule has 0 aliphatic heterocycles. The van der Waals surface area contributed by atoms with Gasteiger partial charge in [-0.1, -0.05) is 13.8 Å². The van der Waals surface area contributed by atoms with Crippen molar-refractivity contribution < 1.29 is 14.7 Å². The molecule has 1 rings (SSSR count). The van der Waals surface area contributed by atoms with E-state index in [2.05, 4.69) is 5.32 Å². The molecule has 18 heavy (non-hydrogen) atoms. The largest absolute Gasteiger partial charge is 0.508 e. The number of nitrogens with two attached hydrogens (primary N) is 2. The fraction of sp³-hybridized carbons (Fsp3) is 0.333. The molecule has 0 aliphatic rings. The number of rotatable bonds is 4. The van der Waals surface area contributed by atoms with Gasteiger partial charge in [0.1, 0.15) is 11.8 Å². The first-order valence-electron chi connectivity index (χ1n) is 5.51. The number of nitrogen functional groups attached to an aromatic ring is 1. The van der Waals surface area contributed by atoms with Gasteiger partial charge in [0.25, 0.3) is 5.91 Å². The Labute approximate surface area is 105 Å². The molecule has 0 radical (unpaired) electrons. The molecule has 0 saturated carbocycles. The predicted molar refractivity (Wildman–Crippen MR) is 67.8 cm³/mol. The third kappa shape index (κ3) is 3.13. The Kier molecular flexibility index (Phi) is 4.14. The number of hydrogen-bond donors (Lipinski definition) is 4. The van der Waals surface area contributed by atoms with Crippen LogP contribution in [0.5, 0.6) is 5.75 Å². The molecule has 6 nitrogen and oxygen atoms in total. The molecule has 1 unspecified atom stereocenters. The van der Waals surface area contributed by atoms with Crippen LogP contribution in [-0.4, -0.2) is 23.0 Å². The van der Waals surface area contributed by atoms with Crippen LogP contribution in [0.1, 0.15) is 24.2 Å². The molecule has 2 amide bonds. The summed E-state index contributed by atoms with van der Waals surface area (Å²) in [7, 11) is 0. The molecule has 6 N–H and O–H groups in total. The summed E-state index contributed by atoms with van der Waals surface area (Å²) >= 11 is 0. The zero-order valence-corrected chi connectivity index (χ0v) is 10.3. The Hall–Kier alpha value is -2.24. The van der Waals surface area contributed by atoms with Gasteiger partial charge in [0.2, 0.25) is 5.91 Å². The van der Waals surface area contributed by atoms with Crippen molar-refractivity contribution in [1.29, 1.82) is 0 Å². The van der Waals surface area contributed by atoms with E-state index in [0.717, 1.165) is 0 Å². The average molecular weight is 251 g/mol. The molecular formula is C12H17N3O3. The highest BCUT2D eigenvalue weighted by molar-refractivity contribution is 6.01. The van der Waals surface area contributed by atoms with Crippen LogP contribution in [0.25, 0.3) is 0 Å². The summed E-state index contributed by atoms with van der Waals surface area (Å²) in [5.41, 5.74) is 11.1. The summed E-state index contributed by atoms with van der Waals surface area (Å²) in [6.45, 7) is 3.55. The van der Waals surface area contributed by atoms with Crippen molar-refractivity contribution >= 4 is 17.5 Å². The number of carbonyl (C=O) groups is 2. The maximum absolute atomic E-state index is 11.9. The van der Waals surface area contributed by atoms with Gasteiger partial charge in [-0.3, -0.25) is 9.59 Å². The summed E-state index contributed by atoms with van der Waals surface area (Å²) in [5, 5.41) is 11.7. The average Bonchev–Trinajstić information content (AvgIpc) is 2.24. The molecule has 1 aromatic carbocycles. The van der Waals surface area contributed by atoms with Crippen LogP contribution in [-0.2, 0) is 4.79 Å². The first-order valence-corrected chi connectivity index (χ1v) is 5.51. The summed E-state index contributed by atoms with van der Waals surface area (Å²) in [6.07, 6.45) is 0. The maximum atomic E-state index is 11.9. The number of amides is 2. The third-order valence-electron chi connectivity index (χ3n) is 2.54. The van der Waals surface area contributed by atoms with Gasteiger partial charge < -0.3 is 21.9 Å². The van der Waals surface area contributed by atoms with Crippen LogP contribution in [0.4, 0.5) is 5.69 Å². The third-order valence-corrected chi connectivity index (χ3v) is 2.54. The fourth-order valence-electron chi connectivity index (χ4n) is 1.54. The summed E-state index contributed by atoms with van der Waals surface area (Å²) < 4.78 is 0. The molecule has 0 aliphatic carbocycles. The normalized spacial score (nSPS) is 12.2. The standard InChI is InChI=1S/C12H17N3O3/c1-6(2)10(11(14)17)15-12(18)8-4-3-7(16)5-9(8)13/h3-6,10,16H,13H2,1-2H3,(H2,14,17)(H,15,18). The Morgan fingerprint density at radius 3 is 2.39 bits per heavy atom. The van der Waals surface area contributed by atoms with Gasteiger partial charge in [-0.2, -0.15) is 0 Å². The summed E-state index contributed by atoms with van der Waals surface area (Å²) in [6, 6.07) is 3.24. The number of carbonyl (C=O) groups excluding carboxylic acids is 2. The Morgan fingerprint density at radius 2 is 1.94 bits per heavy atom. The van der Waals surface area contributed by atoms with Gasteiger partial charge in [0, 0.05) is 11.8 Å². The molecule has 1 aromatic rings. The number of benzene rings is 1. The number of primary amides is 1. The smallest absolute Gasteiger partial charge is 0.254 e. The van der Waals surface area contributed by atoms with Crippen LogP contribution in [0, 0.1) is 5.92 Å². The minimum atomic E-state index is -0.759. The lowest BCUT2D eigenvalue weighted by molar-refractivity contribution is -0.120. The van der Waals surface area contributed by atoms with E-state index < -0.39 is 17.9 Å². The number of phenols is 1. The first kappa shape index (κ1) is 13.8. The highest BCUT2D eigenvalue weighted by Gasteiger charge is 2.23. The van der Waals surface area contributed by atoms with Gasteiger partial charge in [-0.15, -0.1) is 0 Å². The van der Waals surface area contributed by atoms with Gasteiger partial charge >= 0.3 is 0 Å². The zero-order valence-electron chi connectivity index (χ0n) is 10.3. The van der Waals surface area contributed by atoms with Crippen LogP contribution in [0.15, 0.2) is 18.2 Å². The second-order valence-corrected chi connectivity index (χ2v) is 4.37. The number of anilines is 1. The predicted octanol–water partition coefficient (Wildman–Crippen LogP) is 0.214. The fourth-order valence-corrected chi connectivity index (χ4v) is 1.54. The van der Waals surface area contributed by atoms with E-state index in [9.17, 15) is 14.7 Å². The second kappa shape index (κ2) is 5.39. The molecule has 0 heterocycles. The highest BCUT2D eigenvalue weighted by Crippen LogP contribution is 2.18. The van der Waals surface area contributed by atoms with Gasteiger partial charge in [0.15, 0.2) is 0 Å². The number of hydrogen-bond acceptors (Lipinski definition) is 4. The van der Waals surface area contributed by atoms with E-state index in [0.29, 0.717) is 0 Å². The zero-order chi connectivity index (χ0) is 13.9. The lowest BCUT2D eigenvalue weighted by Crippen LogP contribution is -2.47. The number of phenolic OH excluding ortho intramolecular Hbond substituents is 1. The second-order valence-electron chi connectivity index (χ2n) is 4.37. The summed E-state index contributed by atoms with van der Waals surface area (Å²) in [4.78, 5) is 23.1. The Bertz CT molecular complexity index is 472. The molecule has 98 valence electrons. The molecule has 6 heteroatoms. The van der Waals surface area contributed by atoms with Crippen molar-refractivity contribution in [3.05, 3.63) is 23.8 Å². The minimum Gasteiger partial charge on any atom is -0.508 e. The number of aromatic hydroxyl groups is 1. The molecule has 0 fully saturated rings. The highest BCUT2D eigenvalue weighted by atomic mass is 16.3. The minimum absolute atomic E-state index is 0.0284. The Morgan fingerprint density at radius 1 is 1.33 bits per heavy atom. The van der Waals surface area contributed by atoms with E-state index in [-0.39, 0.29) is 22.9 Å². The van der Waals surface area contributed by atoms with Crippen LogP contribution in [0.3, 0.4) is 0 Å². The quantitative estimate of drug-likeness (QED) is 0.572. The molecular weight excluding hydrogens is 234 g/mol. The van der Waals surface area contributed by atoms with Gasteiger partial charge in [-0.05, 0) is 18.1 Å². The van der Waals surface area contributed by atoms with Crippen molar-refractivity contribution in [2.75, 3.05) is 5.73 Å². The van der Waals surface area contributed by atoms with E-state index >= 15 is 0 Å². The molecule has 1 atom stereocenters. The molecule has 0 spiro atoms. The van der Waals surface area contributed by atoms with Crippen molar-refractivity contribution in [3.63, 3.8) is 0 Å². The molecule has 0 bridgehead atoms. The monoisotopic (exact) mass is 251 g/mol. The Balaban J connectivity index is 2.91. The SMILES string of the molecule is CC(C)C(NC(=O)c1ccc(O)cc1N)C(N)=O. The van der Waals surface area contributed by atoms with E-state index in [4.69, 9.17) is 11.5 Å². The van der Waals surface area contributed by atoms with Crippen molar-refractivity contribution in [1.82, 2.24) is 5.32 Å². The molecule has 0 aromatic heterocycles. The van der Waals surface area contributed by atoms with Crippen LogP contribution >= 0.6 is 0 Å². The lowest BCUT2D eigenvalue weighted by atomic mass is 10.0. The molecule has 0 saturated heterocycles. The van der Waals surface area contributed by atoms with Gasteiger partial charge in [0.05, 0.1) is 5.56 Å². The van der Waals surface area contributed by atoms with E-state index in [1.54, 1.807) is 13.8 Å². The maximum Gasteiger partial charge on any atom is 0.254 e. The van der Waals surface area contributed by atoms with E-state index in [1.807, 2.05) is 0 Å². The topological polar surface area (TPSA) is 118 Å².